The fourth-order valence-electron chi connectivity index (χ4n) is 3.38. The van der Waals surface area contributed by atoms with Gasteiger partial charge in [-0.05, 0) is 59.4 Å². The molecule has 2 rings (SSSR count). The van der Waals surface area contributed by atoms with Crippen molar-refractivity contribution in [2.45, 2.75) is 84.7 Å². The van der Waals surface area contributed by atoms with Gasteiger partial charge < -0.3 is 20.3 Å². The largest absolute Gasteiger partial charge is 0.444 e. The summed E-state index contributed by atoms with van der Waals surface area (Å²) in [5, 5.41) is 5.56. The lowest BCUT2D eigenvalue weighted by molar-refractivity contribution is -0.143. The average molecular weight is 418 g/mol. The van der Waals surface area contributed by atoms with E-state index in [1.54, 1.807) is 32.6 Å². The predicted octanol–water partition coefficient (Wildman–Crippen LogP) is 3.40. The quantitative estimate of drug-likeness (QED) is 0.712. The van der Waals surface area contributed by atoms with Crippen LogP contribution in [0.3, 0.4) is 0 Å². The highest BCUT2D eigenvalue weighted by Crippen LogP contribution is 2.40. The van der Waals surface area contributed by atoms with E-state index < -0.39 is 23.8 Å². The van der Waals surface area contributed by atoms with Gasteiger partial charge in [0.05, 0.1) is 0 Å². The number of alkyl carbamates (subject to hydrolysis) is 1. The van der Waals surface area contributed by atoms with E-state index in [0.717, 1.165) is 12.0 Å². The van der Waals surface area contributed by atoms with Gasteiger partial charge in [0, 0.05) is 12.1 Å². The molecule has 0 radical (unpaired) electrons. The van der Waals surface area contributed by atoms with E-state index in [2.05, 4.69) is 17.6 Å². The minimum atomic E-state index is -0.828. The lowest BCUT2D eigenvalue weighted by atomic mass is 10.0. The molecule has 1 aromatic rings. The van der Waals surface area contributed by atoms with E-state index in [-0.39, 0.29) is 23.9 Å². The van der Waals surface area contributed by atoms with Crippen molar-refractivity contribution in [2.24, 2.45) is 5.92 Å². The van der Waals surface area contributed by atoms with Crippen LogP contribution in [0, 0.1) is 5.92 Å². The van der Waals surface area contributed by atoms with Crippen molar-refractivity contribution in [1.29, 1.82) is 0 Å². The highest BCUT2D eigenvalue weighted by molar-refractivity contribution is 5.92. The van der Waals surface area contributed by atoms with Crippen molar-refractivity contribution in [1.82, 2.24) is 15.5 Å². The Morgan fingerprint density at radius 3 is 2.10 bits per heavy atom. The maximum Gasteiger partial charge on any atom is 0.408 e. The third kappa shape index (κ3) is 6.47. The minimum Gasteiger partial charge on any atom is -0.444 e. The lowest BCUT2D eigenvalue weighted by Gasteiger charge is -2.34. The van der Waals surface area contributed by atoms with Crippen molar-refractivity contribution in [3.05, 3.63) is 35.9 Å². The van der Waals surface area contributed by atoms with Crippen molar-refractivity contribution in [2.75, 3.05) is 0 Å². The van der Waals surface area contributed by atoms with Crippen LogP contribution in [0.2, 0.25) is 0 Å². The third-order valence-corrected chi connectivity index (χ3v) is 4.86. The van der Waals surface area contributed by atoms with Crippen molar-refractivity contribution in [3.63, 3.8) is 0 Å². The summed E-state index contributed by atoms with van der Waals surface area (Å²) < 4.78 is 5.28. The monoisotopic (exact) mass is 417 g/mol. The van der Waals surface area contributed by atoms with Crippen LogP contribution in [0.5, 0.6) is 0 Å². The van der Waals surface area contributed by atoms with Crippen LogP contribution in [0.25, 0.3) is 0 Å². The van der Waals surface area contributed by atoms with Crippen LogP contribution < -0.4 is 10.6 Å². The Hall–Kier alpha value is -2.57. The molecular weight excluding hydrogens is 382 g/mol. The molecule has 1 saturated carbocycles. The minimum absolute atomic E-state index is 0.0523. The SMILES string of the molecule is CC(C)NC(=O)C(c1ccccc1)N(C(=O)C(C)NC(=O)OC(C)(C)C)C1CC1C. The van der Waals surface area contributed by atoms with Gasteiger partial charge >= 0.3 is 6.09 Å². The smallest absolute Gasteiger partial charge is 0.408 e. The van der Waals surface area contributed by atoms with Gasteiger partial charge in [-0.3, -0.25) is 9.59 Å². The number of benzene rings is 1. The Labute approximate surface area is 179 Å². The van der Waals surface area contributed by atoms with Gasteiger partial charge in [0.1, 0.15) is 17.7 Å². The Kier molecular flexibility index (Phi) is 7.50. The first-order valence-electron chi connectivity index (χ1n) is 10.6. The number of nitrogens with one attached hydrogen (secondary N) is 2. The Morgan fingerprint density at radius 1 is 1.07 bits per heavy atom. The van der Waals surface area contributed by atoms with Gasteiger partial charge in [-0.15, -0.1) is 0 Å². The molecule has 1 aromatic carbocycles. The molecule has 0 aliphatic heterocycles. The number of rotatable bonds is 7. The molecule has 0 saturated heterocycles. The molecule has 3 amide bonds. The van der Waals surface area contributed by atoms with E-state index in [1.165, 1.54) is 0 Å². The molecule has 7 heteroatoms. The second-order valence-electron chi connectivity index (χ2n) is 9.37. The molecule has 4 unspecified atom stereocenters. The molecular formula is C23H35N3O4. The average Bonchev–Trinajstić information content (AvgIpc) is 3.33. The lowest BCUT2D eigenvalue weighted by Crippen LogP contribution is -2.53. The summed E-state index contributed by atoms with van der Waals surface area (Å²) in [5.41, 5.74) is 0.0777. The number of carbonyl (C=O) groups is 3. The fraction of sp³-hybridized carbons (Fsp3) is 0.609. The predicted molar refractivity (Wildman–Crippen MR) is 116 cm³/mol. The molecule has 1 aliphatic rings. The molecule has 2 N–H and O–H groups in total. The molecule has 4 atom stereocenters. The fourth-order valence-corrected chi connectivity index (χ4v) is 3.38. The van der Waals surface area contributed by atoms with E-state index in [4.69, 9.17) is 4.74 Å². The standard InChI is InChI=1S/C23H35N3O4/c1-14(2)24-20(27)19(17-11-9-8-10-12-17)26(18-13-15(18)3)21(28)16(4)25-22(29)30-23(5,6)7/h8-12,14-16,18-19H,13H2,1-7H3,(H,24,27)(H,25,29). The summed E-state index contributed by atoms with van der Waals surface area (Å²) in [6.45, 7) is 12.7. The molecule has 30 heavy (non-hydrogen) atoms. The number of hydrogen-bond acceptors (Lipinski definition) is 4. The molecule has 0 heterocycles. The van der Waals surface area contributed by atoms with Crippen LogP contribution in [0.4, 0.5) is 4.79 Å². The summed E-state index contributed by atoms with van der Waals surface area (Å²) in [5.74, 6) is -0.239. The van der Waals surface area contributed by atoms with Crippen molar-refractivity contribution >= 4 is 17.9 Å². The Morgan fingerprint density at radius 2 is 1.63 bits per heavy atom. The first-order chi connectivity index (χ1) is 13.9. The van der Waals surface area contributed by atoms with Crippen LogP contribution in [0.1, 0.15) is 66.5 Å². The highest BCUT2D eigenvalue weighted by atomic mass is 16.6. The number of hydrogen-bond donors (Lipinski definition) is 2. The first-order valence-corrected chi connectivity index (χ1v) is 10.6. The van der Waals surface area contributed by atoms with Gasteiger partial charge in [0.15, 0.2) is 0 Å². The third-order valence-electron chi connectivity index (χ3n) is 4.86. The molecule has 1 aliphatic carbocycles. The number of amides is 3. The summed E-state index contributed by atoms with van der Waals surface area (Å²) >= 11 is 0. The topological polar surface area (TPSA) is 87.7 Å². The molecule has 0 aromatic heterocycles. The van der Waals surface area contributed by atoms with Gasteiger partial charge in [0.2, 0.25) is 11.8 Å². The summed E-state index contributed by atoms with van der Waals surface area (Å²) in [4.78, 5) is 40.4. The van der Waals surface area contributed by atoms with Gasteiger partial charge in [-0.25, -0.2) is 4.79 Å². The summed E-state index contributed by atoms with van der Waals surface area (Å²) in [6.07, 6.45) is 0.165. The Balaban J connectivity index is 2.31. The van der Waals surface area contributed by atoms with Crippen LogP contribution >= 0.6 is 0 Å². The van der Waals surface area contributed by atoms with Gasteiger partial charge in [-0.2, -0.15) is 0 Å². The Bertz CT molecular complexity index is 757. The van der Waals surface area contributed by atoms with E-state index >= 15 is 0 Å². The number of carbonyl (C=O) groups excluding carboxylic acids is 3. The molecule has 166 valence electrons. The molecule has 7 nitrogen and oxygen atoms in total. The second-order valence-corrected chi connectivity index (χ2v) is 9.37. The van der Waals surface area contributed by atoms with Crippen LogP contribution in [-0.4, -0.2) is 46.5 Å². The zero-order valence-electron chi connectivity index (χ0n) is 19.1. The highest BCUT2D eigenvalue weighted by Gasteiger charge is 2.47. The van der Waals surface area contributed by atoms with E-state index in [9.17, 15) is 14.4 Å². The first kappa shape index (κ1) is 23.7. The van der Waals surface area contributed by atoms with Crippen molar-refractivity contribution < 1.29 is 19.1 Å². The second kappa shape index (κ2) is 9.49. The number of nitrogens with zero attached hydrogens (tertiary/aromatic N) is 1. The summed E-state index contributed by atoms with van der Waals surface area (Å²) in [7, 11) is 0. The zero-order valence-corrected chi connectivity index (χ0v) is 19.1. The maximum atomic E-state index is 13.5. The van der Waals surface area contributed by atoms with Gasteiger partial charge in [0.25, 0.3) is 0 Å². The molecule has 0 spiro atoms. The van der Waals surface area contributed by atoms with Crippen LogP contribution in [0.15, 0.2) is 30.3 Å². The zero-order chi connectivity index (χ0) is 22.6. The molecule has 0 bridgehead atoms. The van der Waals surface area contributed by atoms with Crippen LogP contribution in [-0.2, 0) is 14.3 Å². The van der Waals surface area contributed by atoms with Gasteiger partial charge in [-0.1, -0.05) is 37.3 Å². The van der Waals surface area contributed by atoms with Crippen molar-refractivity contribution in [3.8, 4) is 0 Å². The van der Waals surface area contributed by atoms with E-state index in [1.807, 2.05) is 44.2 Å². The molecule has 1 fully saturated rings. The number of ether oxygens (including phenoxy) is 1. The maximum absolute atomic E-state index is 13.5. The normalized spacial score (nSPS) is 20.1. The summed E-state index contributed by atoms with van der Waals surface area (Å²) in [6, 6.07) is 7.58. The van der Waals surface area contributed by atoms with E-state index in [0.29, 0.717) is 5.92 Å².